The third-order valence-electron chi connectivity index (χ3n) is 7.69. The summed E-state index contributed by atoms with van der Waals surface area (Å²) in [5.41, 5.74) is 5.98. The van der Waals surface area contributed by atoms with Gasteiger partial charge < -0.3 is 0 Å². The summed E-state index contributed by atoms with van der Waals surface area (Å²) in [5.74, 6) is 0. The van der Waals surface area contributed by atoms with Crippen LogP contribution in [0.5, 0.6) is 0 Å². The second-order valence-corrected chi connectivity index (χ2v) is 17.0. The molecule has 0 radical (unpaired) electrons. The number of halogens is 4. The Balaban J connectivity index is 0.000000270. The minimum Gasteiger partial charge on any atom is -0.273 e. The normalized spacial score (nSPS) is 12.0. The number of allylic oxidation sites excluding steroid dienone is 4. The van der Waals surface area contributed by atoms with E-state index >= 15 is 0 Å². The molecule has 5 aromatic rings. The Hall–Kier alpha value is -1.48. The third kappa shape index (κ3) is 12.2. The third-order valence-corrected chi connectivity index (χ3v) is 9.61. The van der Waals surface area contributed by atoms with Gasteiger partial charge in [-0.25, -0.2) is 12.2 Å². The predicted octanol–water partition coefficient (Wildman–Crippen LogP) is 13.2. The topological polar surface area (TPSA) is 0 Å². The molecule has 0 aromatic heterocycles. The van der Waals surface area contributed by atoms with Crippen LogP contribution in [0.2, 0.25) is 0 Å². The maximum Gasteiger partial charge on any atom is -0.0145 e. The number of hydrogen-bond donors (Lipinski definition) is 0. The molecule has 0 atom stereocenters. The van der Waals surface area contributed by atoms with E-state index in [-0.39, 0.29) is 35.6 Å². The molecule has 0 nitrogen and oxygen atoms in total. The molecular formula is C41H44Br2Cl2Zr. The second kappa shape index (κ2) is 18.3. The van der Waals surface area contributed by atoms with Crippen molar-refractivity contribution in [2.45, 2.75) is 71.6 Å². The minimum absolute atomic E-state index is 0. The fraction of sp³-hybridized carbons (Fsp3) is 0.268. The SMILES string of the molecule is Brc1ccc(C[C](=[Zr+2])Cc2ccc(Br)cc2)cc1.CC(C)(C)c1ccc2[cH-]c3ccc(C(C)(C)C)cc3c2c1.Cl.Cl.[C-]1=CC=CC1. The van der Waals surface area contributed by atoms with E-state index in [2.05, 4.69) is 177 Å². The van der Waals surface area contributed by atoms with Crippen LogP contribution in [0.15, 0.2) is 118 Å². The van der Waals surface area contributed by atoms with Gasteiger partial charge >= 0.3 is 141 Å². The fourth-order valence-electron chi connectivity index (χ4n) is 5.03. The summed E-state index contributed by atoms with van der Waals surface area (Å²) >= 11 is 8.46. The van der Waals surface area contributed by atoms with Gasteiger partial charge in [0.25, 0.3) is 0 Å². The Morgan fingerprint density at radius 2 is 1.09 bits per heavy atom. The molecule has 0 N–H and O–H groups in total. The summed E-state index contributed by atoms with van der Waals surface area (Å²) in [6.07, 6.45) is 12.2. The van der Waals surface area contributed by atoms with Gasteiger partial charge in [-0.2, -0.15) is 6.08 Å². The molecule has 1 aliphatic rings. The van der Waals surface area contributed by atoms with E-state index in [0.29, 0.717) is 0 Å². The van der Waals surface area contributed by atoms with Crippen LogP contribution in [0, 0.1) is 6.08 Å². The van der Waals surface area contributed by atoms with Crippen molar-refractivity contribution in [2.24, 2.45) is 0 Å². The van der Waals surface area contributed by atoms with Crippen LogP contribution in [0.1, 0.15) is 70.2 Å². The molecule has 0 heterocycles. The maximum atomic E-state index is 3.47. The Morgan fingerprint density at radius 3 is 1.39 bits per heavy atom. The zero-order valence-corrected chi connectivity index (χ0v) is 34.8. The average Bonchev–Trinajstić information content (AvgIpc) is 3.66. The van der Waals surface area contributed by atoms with E-state index in [1.54, 1.807) is 3.21 Å². The fourth-order valence-corrected chi connectivity index (χ4v) is 6.56. The molecule has 6 rings (SSSR count). The summed E-state index contributed by atoms with van der Waals surface area (Å²) in [4.78, 5) is 0. The molecule has 0 unspecified atom stereocenters. The van der Waals surface area contributed by atoms with E-state index in [0.717, 1.165) is 28.2 Å². The van der Waals surface area contributed by atoms with Crippen LogP contribution in [0.4, 0.5) is 0 Å². The Morgan fingerprint density at radius 1 is 0.674 bits per heavy atom. The van der Waals surface area contributed by atoms with Gasteiger partial charge in [-0.05, 0) is 10.8 Å². The van der Waals surface area contributed by atoms with Gasteiger partial charge in [0.05, 0.1) is 0 Å². The number of rotatable bonds is 4. The smallest absolute Gasteiger partial charge is 0.0145 e. The number of hydrogen-bond acceptors (Lipinski definition) is 0. The maximum absolute atomic E-state index is 3.47. The van der Waals surface area contributed by atoms with Crippen molar-refractivity contribution >= 4 is 81.4 Å². The number of benzene rings is 4. The Labute approximate surface area is 320 Å². The van der Waals surface area contributed by atoms with Crippen LogP contribution >= 0.6 is 56.7 Å². The average molecular weight is 859 g/mol. The molecular weight excluding hydrogens is 814 g/mol. The van der Waals surface area contributed by atoms with Crippen molar-refractivity contribution in [1.29, 1.82) is 0 Å². The molecule has 0 spiro atoms. The summed E-state index contributed by atoms with van der Waals surface area (Å²) in [5, 5.41) is 5.49. The van der Waals surface area contributed by atoms with Crippen LogP contribution in [0.25, 0.3) is 21.5 Å². The minimum atomic E-state index is 0. The molecule has 46 heavy (non-hydrogen) atoms. The van der Waals surface area contributed by atoms with Crippen molar-refractivity contribution in [2.75, 3.05) is 0 Å². The standard InChI is InChI=1S/C21H25.C15H12Br2.C5H5.2ClH.Zr/c1-20(2,3)16-9-7-14-11-15-8-10-17(21(4,5)6)13-19(15)18(14)12-16;16-14-8-4-12(5-9-14)2-1-3-13-6-10-15(17)11-7-13;1-2-4-5-3-1;;;/h7-13H,1-6H3;4-11H,2-3H2;1-3H,4H2;2*1H;/q-1;;-1;;;+2. The number of fused-ring (bicyclic) bond motifs is 3. The van der Waals surface area contributed by atoms with Gasteiger partial charge in [-0.15, -0.1) is 71.0 Å². The first kappa shape index (κ1) is 40.7. The molecule has 0 saturated heterocycles. The first-order valence-electron chi connectivity index (χ1n) is 15.2. The van der Waals surface area contributed by atoms with Crippen LogP contribution < -0.4 is 0 Å². The zero-order chi connectivity index (χ0) is 31.9. The van der Waals surface area contributed by atoms with Crippen molar-refractivity contribution in [3.8, 4) is 0 Å². The van der Waals surface area contributed by atoms with Gasteiger partial charge in [0.1, 0.15) is 0 Å². The summed E-state index contributed by atoms with van der Waals surface area (Å²) in [7, 11) is 0. The first-order chi connectivity index (χ1) is 20.8. The van der Waals surface area contributed by atoms with E-state index in [9.17, 15) is 0 Å². The van der Waals surface area contributed by atoms with Crippen molar-refractivity contribution in [3.63, 3.8) is 0 Å². The molecule has 1 aliphatic carbocycles. The van der Waals surface area contributed by atoms with E-state index in [1.807, 2.05) is 12.2 Å². The van der Waals surface area contributed by atoms with Gasteiger partial charge in [-0.3, -0.25) is 6.08 Å². The Kier molecular flexibility index (Phi) is 16.2. The van der Waals surface area contributed by atoms with Gasteiger partial charge in [0.2, 0.25) is 0 Å². The molecule has 0 bridgehead atoms. The van der Waals surface area contributed by atoms with E-state index in [4.69, 9.17) is 0 Å². The van der Waals surface area contributed by atoms with Crippen molar-refractivity contribution < 1.29 is 24.2 Å². The van der Waals surface area contributed by atoms with Crippen molar-refractivity contribution in [1.82, 2.24) is 0 Å². The Bertz CT molecular complexity index is 1640. The predicted molar refractivity (Wildman–Crippen MR) is 211 cm³/mol. The van der Waals surface area contributed by atoms with Crippen molar-refractivity contribution in [3.05, 3.63) is 146 Å². The van der Waals surface area contributed by atoms with Gasteiger partial charge in [0.15, 0.2) is 0 Å². The molecule has 5 aromatic carbocycles. The molecule has 0 saturated carbocycles. The molecule has 240 valence electrons. The van der Waals surface area contributed by atoms with E-state index < -0.39 is 0 Å². The van der Waals surface area contributed by atoms with Crippen LogP contribution in [-0.2, 0) is 47.9 Å². The summed E-state index contributed by atoms with van der Waals surface area (Å²) in [6.45, 7) is 13.7. The monoisotopic (exact) mass is 854 g/mol. The first-order valence-corrected chi connectivity index (χ1v) is 18.0. The van der Waals surface area contributed by atoms with Crippen LogP contribution in [0.3, 0.4) is 0 Å². The molecule has 0 amide bonds. The quantitative estimate of drug-likeness (QED) is 0.158. The largest absolute Gasteiger partial charge is 0.273 e. The second-order valence-electron chi connectivity index (χ2n) is 13.5. The molecule has 0 aliphatic heterocycles. The van der Waals surface area contributed by atoms with E-state index in [1.165, 1.54) is 68.0 Å². The zero-order valence-electron chi connectivity index (χ0n) is 27.6. The summed E-state index contributed by atoms with van der Waals surface area (Å²) < 4.78 is 3.86. The van der Waals surface area contributed by atoms with Gasteiger partial charge in [-0.1, -0.05) is 76.9 Å². The molecule has 5 heteroatoms. The summed E-state index contributed by atoms with van der Waals surface area (Å²) in [6, 6.07) is 33.3. The van der Waals surface area contributed by atoms with Gasteiger partial charge in [0, 0.05) is 0 Å². The van der Waals surface area contributed by atoms with Crippen LogP contribution in [-0.4, -0.2) is 3.21 Å². The molecule has 0 fully saturated rings.